The summed E-state index contributed by atoms with van der Waals surface area (Å²) < 4.78 is 0. The van der Waals surface area contributed by atoms with Gasteiger partial charge in [-0.05, 0) is 6.42 Å². The number of carbonyl (C=O) groups excluding carboxylic acids is 1. The number of nitrogens with one attached hydrogen (secondary N) is 1. The molecule has 1 amide bonds. The summed E-state index contributed by atoms with van der Waals surface area (Å²) in [7, 11) is 1.52. The van der Waals surface area contributed by atoms with E-state index < -0.39 is 6.09 Å². The van der Waals surface area contributed by atoms with Crippen LogP contribution in [0.1, 0.15) is 41.0 Å². The van der Waals surface area contributed by atoms with Crippen LogP contribution in [0.3, 0.4) is 0 Å². The zero-order chi connectivity index (χ0) is 13.5. The summed E-state index contributed by atoms with van der Waals surface area (Å²) in [5.74, 6) is 0.787. The zero-order valence-electron chi connectivity index (χ0n) is 11.7. The Balaban J connectivity index is 4.50. The topological polar surface area (TPSA) is 50.7 Å². The molecule has 0 saturated heterocycles. The standard InChI is InChI=1S/C12H24N2O2S/c1-7-9(2)17-8-10(12(3,4)5)14-16-11(15)13-6/h9H,7-8H2,1-6H3,(H,13,15). The van der Waals surface area contributed by atoms with E-state index in [2.05, 4.69) is 45.1 Å². The van der Waals surface area contributed by atoms with Crippen molar-refractivity contribution in [1.82, 2.24) is 5.32 Å². The van der Waals surface area contributed by atoms with Gasteiger partial charge in [0.05, 0.1) is 5.71 Å². The highest BCUT2D eigenvalue weighted by Gasteiger charge is 2.21. The van der Waals surface area contributed by atoms with Crippen molar-refractivity contribution in [1.29, 1.82) is 0 Å². The highest BCUT2D eigenvalue weighted by atomic mass is 32.2. The lowest BCUT2D eigenvalue weighted by atomic mass is 9.91. The van der Waals surface area contributed by atoms with Crippen LogP contribution in [0.2, 0.25) is 0 Å². The molecule has 17 heavy (non-hydrogen) atoms. The second-order valence-electron chi connectivity index (χ2n) is 4.95. The number of amides is 1. The second-order valence-corrected chi connectivity index (χ2v) is 6.37. The Morgan fingerprint density at radius 2 is 2.06 bits per heavy atom. The summed E-state index contributed by atoms with van der Waals surface area (Å²) in [6.07, 6.45) is 0.596. The molecule has 0 rings (SSSR count). The molecule has 0 aliphatic carbocycles. The average molecular weight is 260 g/mol. The fraction of sp³-hybridized carbons (Fsp3) is 0.833. The number of thioether (sulfide) groups is 1. The first-order chi connectivity index (χ1) is 7.81. The second kappa shape index (κ2) is 7.58. The van der Waals surface area contributed by atoms with Gasteiger partial charge in [-0.25, -0.2) is 4.79 Å². The molecule has 0 saturated carbocycles. The van der Waals surface area contributed by atoms with Gasteiger partial charge in [-0.3, -0.25) is 4.84 Å². The number of rotatable bonds is 5. The van der Waals surface area contributed by atoms with Gasteiger partial charge in [0.25, 0.3) is 0 Å². The molecular formula is C12H24N2O2S. The van der Waals surface area contributed by atoms with Gasteiger partial charge < -0.3 is 5.32 Å². The fourth-order valence-electron chi connectivity index (χ4n) is 0.861. The maximum Gasteiger partial charge on any atom is 0.433 e. The van der Waals surface area contributed by atoms with E-state index in [1.807, 2.05) is 11.8 Å². The van der Waals surface area contributed by atoms with Crippen LogP contribution in [0, 0.1) is 5.41 Å². The van der Waals surface area contributed by atoms with Crippen molar-refractivity contribution in [2.24, 2.45) is 10.6 Å². The molecule has 0 spiro atoms. The number of carbonyl (C=O) groups is 1. The van der Waals surface area contributed by atoms with Crippen LogP contribution in [-0.4, -0.2) is 29.9 Å². The lowest BCUT2D eigenvalue weighted by Crippen LogP contribution is -2.26. The Morgan fingerprint density at radius 3 is 2.47 bits per heavy atom. The molecule has 100 valence electrons. The van der Waals surface area contributed by atoms with Crippen LogP contribution in [0.4, 0.5) is 4.79 Å². The Labute approximate surface area is 109 Å². The molecule has 1 N–H and O–H groups in total. The van der Waals surface area contributed by atoms with E-state index >= 15 is 0 Å². The van der Waals surface area contributed by atoms with Crippen LogP contribution in [0.25, 0.3) is 0 Å². The van der Waals surface area contributed by atoms with E-state index in [0.717, 1.165) is 17.9 Å². The van der Waals surface area contributed by atoms with Crippen molar-refractivity contribution in [3.63, 3.8) is 0 Å². The molecule has 0 fully saturated rings. The Morgan fingerprint density at radius 1 is 1.47 bits per heavy atom. The van der Waals surface area contributed by atoms with Crippen molar-refractivity contribution in [2.45, 2.75) is 46.3 Å². The highest BCUT2D eigenvalue weighted by Crippen LogP contribution is 2.22. The minimum atomic E-state index is -0.528. The van der Waals surface area contributed by atoms with E-state index in [1.165, 1.54) is 7.05 Å². The van der Waals surface area contributed by atoms with Gasteiger partial charge in [-0.1, -0.05) is 39.8 Å². The van der Waals surface area contributed by atoms with Gasteiger partial charge >= 0.3 is 6.09 Å². The smallest absolute Gasteiger partial charge is 0.323 e. The maximum atomic E-state index is 11.0. The molecule has 0 radical (unpaired) electrons. The number of hydrogen-bond donors (Lipinski definition) is 1. The van der Waals surface area contributed by atoms with Gasteiger partial charge in [-0.2, -0.15) is 11.8 Å². The average Bonchev–Trinajstić information content (AvgIpc) is 2.26. The van der Waals surface area contributed by atoms with E-state index in [4.69, 9.17) is 4.84 Å². The van der Waals surface area contributed by atoms with Crippen molar-refractivity contribution in [3.8, 4) is 0 Å². The highest BCUT2D eigenvalue weighted by molar-refractivity contribution is 8.00. The Bertz CT molecular complexity index is 272. The molecule has 0 aliphatic heterocycles. The van der Waals surface area contributed by atoms with Crippen molar-refractivity contribution in [2.75, 3.05) is 12.8 Å². The third-order valence-corrected chi connectivity index (χ3v) is 3.73. The van der Waals surface area contributed by atoms with Crippen LogP contribution >= 0.6 is 11.8 Å². The normalized spacial score (nSPS) is 14.4. The minimum Gasteiger partial charge on any atom is -0.323 e. The summed E-state index contributed by atoms with van der Waals surface area (Å²) in [5.41, 5.74) is 0.806. The number of oxime groups is 1. The maximum absolute atomic E-state index is 11.0. The molecule has 0 aromatic heterocycles. The van der Waals surface area contributed by atoms with Crippen LogP contribution < -0.4 is 5.32 Å². The first-order valence-corrected chi connectivity index (χ1v) is 6.93. The van der Waals surface area contributed by atoms with Crippen molar-refractivity contribution < 1.29 is 9.63 Å². The van der Waals surface area contributed by atoms with E-state index in [-0.39, 0.29) is 5.41 Å². The fourth-order valence-corrected chi connectivity index (χ4v) is 2.02. The molecule has 5 heteroatoms. The van der Waals surface area contributed by atoms with Gasteiger partial charge in [0.2, 0.25) is 0 Å². The van der Waals surface area contributed by atoms with E-state index in [9.17, 15) is 4.79 Å². The quantitative estimate of drug-likeness (QED) is 0.469. The predicted molar refractivity (Wildman–Crippen MR) is 74.6 cm³/mol. The molecule has 4 nitrogen and oxygen atoms in total. The van der Waals surface area contributed by atoms with Gasteiger partial charge in [0, 0.05) is 23.5 Å². The summed E-state index contributed by atoms with van der Waals surface area (Å²) >= 11 is 1.83. The summed E-state index contributed by atoms with van der Waals surface area (Å²) in [5, 5.41) is 6.91. The lowest BCUT2D eigenvalue weighted by Gasteiger charge is -2.21. The number of nitrogens with zero attached hydrogens (tertiary/aromatic N) is 1. The summed E-state index contributed by atoms with van der Waals surface area (Å²) in [6, 6.07) is 0. The Kier molecular flexibility index (Phi) is 7.27. The lowest BCUT2D eigenvalue weighted by molar-refractivity contribution is 0.152. The molecule has 0 bridgehead atoms. The number of hydrogen-bond acceptors (Lipinski definition) is 4. The van der Waals surface area contributed by atoms with Crippen LogP contribution in [-0.2, 0) is 4.84 Å². The van der Waals surface area contributed by atoms with Crippen LogP contribution in [0.5, 0.6) is 0 Å². The third-order valence-electron chi connectivity index (χ3n) is 2.39. The summed E-state index contributed by atoms with van der Waals surface area (Å²) in [4.78, 5) is 15.8. The zero-order valence-corrected chi connectivity index (χ0v) is 12.5. The van der Waals surface area contributed by atoms with E-state index in [1.54, 1.807) is 0 Å². The van der Waals surface area contributed by atoms with Crippen LogP contribution in [0.15, 0.2) is 5.16 Å². The largest absolute Gasteiger partial charge is 0.433 e. The molecular weight excluding hydrogens is 236 g/mol. The molecule has 1 unspecified atom stereocenters. The van der Waals surface area contributed by atoms with Gasteiger partial charge in [0.15, 0.2) is 0 Å². The predicted octanol–water partition coefficient (Wildman–Crippen LogP) is 3.28. The first-order valence-electron chi connectivity index (χ1n) is 5.89. The van der Waals surface area contributed by atoms with Gasteiger partial charge in [0.1, 0.15) is 0 Å². The molecule has 0 aromatic carbocycles. The van der Waals surface area contributed by atoms with Crippen molar-refractivity contribution in [3.05, 3.63) is 0 Å². The Hall–Kier alpha value is -0.710. The first kappa shape index (κ1) is 16.3. The molecule has 0 heterocycles. The van der Waals surface area contributed by atoms with Crippen molar-refractivity contribution >= 4 is 23.6 Å². The van der Waals surface area contributed by atoms with Gasteiger partial charge in [-0.15, -0.1) is 0 Å². The molecule has 1 atom stereocenters. The third kappa shape index (κ3) is 7.26. The molecule has 0 aliphatic rings. The monoisotopic (exact) mass is 260 g/mol. The summed E-state index contributed by atoms with van der Waals surface area (Å²) in [6.45, 7) is 10.5. The minimum absolute atomic E-state index is 0.0888. The SMILES string of the molecule is CCC(C)SCC(=NOC(=O)NC)C(C)(C)C. The van der Waals surface area contributed by atoms with E-state index in [0.29, 0.717) is 5.25 Å². The molecule has 0 aromatic rings.